The van der Waals surface area contributed by atoms with E-state index in [1.54, 1.807) is 36.7 Å². The first-order chi connectivity index (χ1) is 9.61. The van der Waals surface area contributed by atoms with Gasteiger partial charge in [-0.2, -0.15) is 0 Å². The van der Waals surface area contributed by atoms with Gasteiger partial charge in [0.25, 0.3) is 0 Å². The largest absolute Gasteiger partial charge is 0.330 e. The zero-order chi connectivity index (χ0) is 14.5. The van der Waals surface area contributed by atoms with E-state index in [1.807, 2.05) is 6.92 Å². The number of nitrogens with zero attached hydrogens (tertiary/aromatic N) is 1. The van der Waals surface area contributed by atoms with Crippen molar-refractivity contribution in [2.75, 3.05) is 5.32 Å². The van der Waals surface area contributed by atoms with Crippen LogP contribution in [0.2, 0.25) is 0 Å². The molecule has 0 fully saturated rings. The van der Waals surface area contributed by atoms with Crippen LogP contribution in [0.15, 0.2) is 41.5 Å². The third kappa shape index (κ3) is 3.16. The molecule has 1 atom stereocenters. The Hall–Kier alpha value is -2.34. The molecule has 0 aliphatic rings. The smallest absolute Gasteiger partial charge is 0.325 e. The van der Waals surface area contributed by atoms with Crippen LogP contribution in [-0.4, -0.2) is 21.5 Å². The van der Waals surface area contributed by atoms with Gasteiger partial charge < -0.3 is 16.0 Å². The molecule has 106 valence electrons. The number of H-pyrrole nitrogens is 1. The first-order valence-electron chi connectivity index (χ1n) is 6.54. The second-order valence-corrected chi connectivity index (χ2v) is 4.57. The van der Waals surface area contributed by atoms with Crippen molar-refractivity contribution < 1.29 is 4.79 Å². The first-order valence-corrected chi connectivity index (χ1v) is 6.54. The van der Waals surface area contributed by atoms with Gasteiger partial charge >= 0.3 is 5.69 Å². The molecule has 1 amide bonds. The van der Waals surface area contributed by atoms with E-state index in [0.29, 0.717) is 12.1 Å². The van der Waals surface area contributed by atoms with Crippen LogP contribution in [0.4, 0.5) is 5.69 Å². The Labute approximate surface area is 116 Å². The normalized spacial score (nSPS) is 12.1. The molecule has 0 saturated carbocycles. The number of imidazole rings is 1. The van der Waals surface area contributed by atoms with Crippen molar-refractivity contribution in [2.24, 2.45) is 5.73 Å². The molecule has 0 aliphatic carbocycles. The van der Waals surface area contributed by atoms with Gasteiger partial charge in [0.15, 0.2) is 0 Å². The highest BCUT2D eigenvalue weighted by Crippen LogP contribution is 2.12. The van der Waals surface area contributed by atoms with Crippen molar-refractivity contribution in [2.45, 2.75) is 25.8 Å². The summed E-state index contributed by atoms with van der Waals surface area (Å²) < 4.78 is 1.48. The van der Waals surface area contributed by atoms with Gasteiger partial charge in [0, 0.05) is 18.1 Å². The number of nitrogens with two attached hydrogens (primary N) is 1. The number of carbonyl (C=O) groups is 1. The van der Waals surface area contributed by atoms with Crippen LogP contribution in [0.3, 0.4) is 0 Å². The Morgan fingerprint density at radius 1 is 1.40 bits per heavy atom. The highest BCUT2D eigenvalue weighted by atomic mass is 16.2. The summed E-state index contributed by atoms with van der Waals surface area (Å²) >= 11 is 0. The Morgan fingerprint density at radius 2 is 2.10 bits per heavy atom. The third-order valence-electron chi connectivity index (χ3n) is 3.00. The lowest BCUT2D eigenvalue weighted by Gasteiger charge is -2.11. The number of amides is 1. The number of carbonyl (C=O) groups excluding carboxylic acids is 1. The molecule has 0 radical (unpaired) electrons. The van der Waals surface area contributed by atoms with E-state index in [4.69, 9.17) is 5.73 Å². The minimum absolute atomic E-state index is 0.196. The average molecular weight is 274 g/mol. The molecular formula is C14H18N4O2. The van der Waals surface area contributed by atoms with E-state index in [2.05, 4.69) is 10.3 Å². The number of aromatic amines is 1. The first kappa shape index (κ1) is 14.1. The molecule has 1 aromatic carbocycles. The SMILES string of the molecule is CCC[C@H](N)C(=O)Nc1ccc(-n2cc[nH]c2=O)cc1. The van der Waals surface area contributed by atoms with Crippen LogP contribution in [0.5, 0.6) is 0 Å². The topological polar surface area (TPSA) is 92.9 Å². The molecule has 20 heavy (non-hydrogen) atoms. The molecule has 6 heteroatoms. The van der Waals surface area contributed by atoms with Crippen LogP contribution < -0.4 is 16.7 Å². The summed E-state index contributed by atoms with van der Waals surface area (Å²) in [5, 5.41) is 2.75. The maximum atomic E-state index is 11.8. The second-order valence-electron chi connectivity index (χ2n) is 4.57. The van der Waals surface area contributed by atoms with E-state index in [-0.39, 0.29) is 11.6 Å². The Morgan fingerprint density at radius 3 is 2.65 bits per heavy atom. The number of rotatable bonds is 5. The highest BCUT2D eigenvalue weighted by molar-refractivity contribution is 5.94. The lowest BCUT2D eigenvalue weighted by molar-refractivity contribution is -0.117. The van der Waals surface area contributed by atoms with Gasteiger partial charge in [0.05, 0.1) is 11.7 Å². The molecule has 0 spiro atoms. The number of aromatic nitrogens is 2. The Balaban J connectivity index is 2.07. The molecule has 0 bridgehead atoms. The number of hydrogen-bond donors (Lipinski definition) is 3. The van der Waals surface area contributed by atoms with Crippen LogP contribution in [0.25, 0.3) is 5.69 Å². The molecule has 1 aromatic heterocycles. The quantitative estimate of drug-likeness (QED) is 0.765. The van der Waals surface area contributed by atoms with Crippen LogP contribution in [0.1, 0.15) is 19.8 Å². The van der Waals surface area contributed by atoms with E-state index >= 15 is 0 Å². The van der Waals surface area contributed by atoms with Gasteiger partial charge in [0.2, 0.25) is 5.91 Å². The molecule has 1 heterocycles. The standard InChI is InChI=1S/C14H18N4O2/c1-2-3-12(15)13(19)17-10-4-6-11(7-5-10)18-9-8-16-14(18)20/h4-9,12H,2-3,15H2,1H3,(H,16,20)(H,17,19)/t12-/m0/s1. The molecule has 0 saturated heterocycles. The predicted octanol–water partition coefficient (Wildman–Crippen LogP) is 1.23. The van der Waals surface area contributed by atoms with Crippen LogP contribution in [-0.2, 0) is 4.79 Å². The average Bonchev–Trinajstić information content (AvgIpc) is 2.86. The number of anilines is 1. The van der Waals surface area contributed by atoms with Crippen LogP contribution in [0, 0.1) is 0 Å². The number of nitrogens with one attached hydrogen (secondary N) is 2. The van der Waals surface area contributed by atoms with Gasteiger partial charge in [-0.1, -0.05) is 13.3 Å². The molecular weight excluding hydrogens is 256 g/mol. The van der Waals surface area contributed by atoms with Crippen LogP contribution >= 0.6 is 0 Å². The van der Waals surface area contributed by atoms with Gasteiger partial charge in [-0.15, -0.1) is 0 Å². The molecule has 0 aliphatic heterocycles. The molecule has 2 aromatic rings. The summed E-state index contributed by atoms with van der Waals surface area (Å²) in [6.45, 7) is 1.98. The summed E-state index contributed by atoms with van der Waals surface area (Å²) in [5.74, 6) is -0.196. The summed E-state index contributed by atoms with van der Waals surface area (Å²) in [6, 6.07) is 6.51. The zero-order valence-electron chi connectivity index (χ0n) is 11.3. The van der Waals surface area contributed by atoms with E-state index < -0.39 is 6.04 Å². The summed E-state index contributed by atoms with van der Waals surface area (Å²) in [4.78, 5) is 25.8. The third-order valence-corrected chi connectivity index (χ3v) is 3.00. The monoisotopic (exact) mass is 274 g/mol. The lowest BCUT2D eigenvalue weighted by Crippen LogP contribution is -2.35. The van der Waals surface area contributed by atoms with Crippen molar-refractivity contribution in [3.05, 3.63) is 47.1 Å². The van der Waals surface area contributed by atoms with Gasteiger partial charge in [-0.05, 0) is 30.7 Å². The minimum atomic E-state index is -0.494. The molecule has 6 nitrogen and oxygen atoms in total. The molecule has 2 rings (SSSR count). The van der Waals surface area contributed by atoms with Gasteiger partial charge in [0.1, 0.15) is 0 Å². The Bertz CT molecular complexity index is 627. The fourth-order valence-electron chi connectivity index (χ4n) is 1.91. The zero-order valence-corrected chi connectivity index (χ0v) is 11.3. The van der Waals surface area contributed by atoms with Crippen molar-refractivity contribution in [1.82, 2.24) is 9.55 Å². The molecule has 0 unspecified atom stereocenters. The van der Waals surface area contributed by atoms with Crippen molar-refractivity contribution in [3.8, 4) is 5.69 Å². The number of hydrogen-bond acceptors (Lipinski definition) is 3. The lowest BCUT2D eigenvalue weighted by atomic mass is 10.1. The highest BCUT2D eigenvalue weighted by Gasteiger charge is 2.12. The molecule has 4 N–H and O–H groups in total. The Kier molecular flexibility index (Phi) is 4.37. The number of benzene rings is 1. The summed E-state index contributed by atoms with van der Waals surface area (Å²) in [6.07, 6.45) is 4.74. The predicted molar refractivity (Wildman–Crippen MR) is 77.9 cm³/mol. The summed E-state index contributed by atoms with van der Waals surface area (Å²) in [5.41, 5.74) is 6.93. The summed E-state index contributed by atoms with van der Waals surface area (Å²) in [7, 11) is 0. The van der Waals surface area contributed by atoms with E-state index in [1.165, 1.54) is 4.57 Å². The van der Waals surface area contributed by atoms with Crippen molar-refractivity contribution >= 4 is 11.6 Å². The van der Waals surface area contributed by atoms with Crippen molar-refractivity contribution in [1.29, 1.82) is 0 Å². The maximum absolute atomic E-state index is 11.8. The van der Waals surface area contributed by atoms with Gasteiger partial charge in [-0.3, -0.25) is 9.36 Å². The van der Waals surface area contributed by atoms with Crippen molar-refractivity contribution in [3.63, 3.8) is 0 Å². The van der Waals surface area contributed by atoms with E-state index in [0.717, 1.165) is 12.1 Å². The maximum Gasteiger partial charge on any atom is 0.330 e. The van der Waals surface area contributed by atoms with E-state index in [9.17, 15) is 9.59 Å². The fraction of sp³-hybridized carbons (Fsp3) is 0.286. The second kappa shape index (κ2) is 6.21. The fourth-order valence-corrected chi connectivity index (χ4v) is 1.91. The van der Waals surface area contributed by atoms with Gasteiger partial charge in [-0.25, -0.2) is 4.79 Å². The minimum Gasteiger partial charge on any atom is -0.325 e.